The van der Waals surface area contributed by atoms with Crippen molar-refractivity contribution in [3.63, 3.8) is 0 Å². The van der Waals surface area contributed by atoms with E-state index in [-0.39, 0.29) is 11.5 Å². The zero-order chi connectivity index (χ0) is 28.2. The fraction of sp³-hybridized carbons (Fsp3) is 0.367. The maximum absolute atomic E-state index is 14.4. The van der Waals surface area contributed by atoms with Crippen molar-refractivity contribution in [1.82, 2.24) is 30.2 Å². The summed E-state index contributed by atoms with van der Waals surface area (Å²) < 4.78 is 14.4. The number of aromatic nitrogens is 4. The highest BCUT2D eigenvalue weighted by molar-refractivity contribution is 6.06. The number of amides is 1. The SMILES string of the molecule is CNC(=O)c1c(F)cnc2c(C(C)CNc3cc(-c4ccc(N(C)C5CCN(C)CC5)nc4)ncn3)cccc12. The van der Waals surface area contributed by atoms with Crippen LogP contribution in [0.3, 0.4) is 0 Å². The van der Waals surface area contributed by atoms with E-state index in [9.17, 15) is 9.18 Å². The van der Waals surface area contributed by atoms with E-state index >= 15 is 0 Å². The maximum Gasteiger partial charge on any atom is 0.254 e. The highest BCUT2D eigenvalue weighted by Gasteiger charge is 2.22. The molecule has 1 amide bonds. The van der Waals surface area contributed by atoms with E-state index in [1.807, 2.05) is 36.5 Å². The number of nitrogens with zero attached hydrogens (tertiary/aromatic N) is 6. The second-order valence-electron chi connectivity index (χ2n) is 10.4. The van der Waals surface area contributed by atoms with Gasteiger partial charge in [-0.15, -0.1) is 0 Å². The van der Waals surface area contributed by atoms with Gasteiger partial charge in [0.05, 0.1) is 23.0 Å². The van der Waals surface area contributed by atoms with Gasteiger partial charge in [-0.25, -0.2) is 19.3 Å². The van der Waals surface area contributed by atoms with Gasteiger partial charge in [0.25, 0.3) is 5.91 Å². The summed E-state index contributed by atoms with van der Waals surface area (Å²) in [7, 11) is 5.77. The zero-order valence-electron chi connectivity index (χ0n) is 23.4. The van der Waals surface area contributed by atoms with Crippen LogP contribution in [-0.2, 0) is 0 Å². The molecule has 0 radical (unpaired) electrons. The van der Waals surface area contributed by atoms with Crippen LogP contribution in [0.15, 0.2) is 55.1 Å². The molecule has 10 heteroatoms. The molecule has 40 heavy (non-hydrogen) atoms. The largest absolute Gasteiger partial charge is 0.369 e. The van der Waals surface area contributed by atoms with E-state index in [1.165, 1.54) is 7.05 Å². The number of rotatable bonds is 8. The molecule has 1 unspecified atom stereocenters. The summed E-state index contributed by atoms with van der Waals surface area (Å²) in [6.07, 6.45) is 6.78. The number of anilines is 2. The number of likely N-dealkylation sites (tertiary alicyclic amines) is 1. The molecule has 0 bridgehead atoms. The summed E-state index contributed by atoms with van der Waals surface area (Å²) in [5.41, 5.74) is 3.23. The number of benzene rings is 1. The molecule has 2 N–H and O–H groups in total. The number of fused-ring (bicyclic) bond motifs is 1. The molecule has 4 aromatic rings. The lowest BCUT2D eigenvalue weighted by atomic mass is 9.96. The predicted octanol–water partition coefficient (Wildman–Crippen LogP) is 4.33. The van der Waals surface area contributed by atoms with Gasteiger partial charge < -0.3 is 20.4 Å². The Morgan fingerprint density at radius 3 is 2.65 bits per heavy atom. The number of para-hydroxylation sites is 1. The Bertz CT molecular complexity index is 1490. The zero-order valence-corrected chi connectivity index (χ0v) is 23.4. The summed E-state index contributed by atoms with van der Waals surface area (Å²) in [6, 6.07) is 12.0. The van der Waals surface area contributed by atoms with Crippen molar-refractivity contribution in [3.8, 4) is 11.3 Å². The van der Waals surface area contributed by atoms with Crippen LogP contribution < -0.4 is 15.5 Å². The minimum absolute atomic E-state index is 0.00659. The molecule has 1 aromatic carbocycles. The number of nitrogens with one attached hydrogen (secondary N) is 2. The minimum Gasteiger partial charge on any atom is -0.369 e. The smallest absolute Gasteiger partial charge is 0.254 e. The van der Waals surface area contributed by atoms with Crippen molar-refractivity contribution in [2.45, 2.75) is 31.7 Å². The van der Waals surface area contributed by atoms with Gasteiger partial charge in [-0.3, -0.25) is 9.78 Å². The summed E-state index contributed by atoms with van der Waals surface area (Å²) in [6.45, 7) is 4.82. The number of piperidine rings is 1. The van der Waals surface area contributed by atoms with Crippen molar-refractivity contribution < 1.29 is 9.18 Å². The third kappa shape index (κ3) is 5.72. The molecule has 0 aliphatic carbocycles. The molecule has 9 nitrogen and oxygen atoms in total. The van der Waals surface area contributed by atoms with Gasteiger partial charge in [0.2, 0.25) is 0 Å². The molecule has 0 saturated carbocycles. The molecule has 208 valence electrons. The molecule has 0 spiro atoms. The number of carbonyl (C=O) groups is 1. The van der Waals surface area contributed by atoms with Gasteiger partial charge in [0, 0.05) is 55.8 Å². The lowest BCUT2D eigenvalue weighted by Crippen LogP contribution is -2.42. The van der Waals surface area contributed by atoms with Gasteiger partial charge in [0.15, 0.2) is 5.82 Å². The van der Waals surface area contributed by atoms with Crippen LogP contribution in [0.2, 0.25) is 0 Å². The summed E-state index contributed by atoms with van der Waals surface area (Å²) in [5, 5.41) is 6.39. The Morgan fingerprint density at radius 2 is 1.93 bits per heavy atom. The van der Waals surface area contributed by atoms with E-state index in [0.29, 0.717) is 29.3 Å². The fourth-order valence-electron chi connectivity index (χ4n) is 5.27. The second kappa shape index (κ2) is 11.9. The van der Waals surface area contributed by atoms with Crippen LogP contribution in [0.1, 0.15) is 41.6 Å². The molecule has 1 saturated heterocycles. The molecule has 3 aromatic heterocycles. The number of pyridine rings is 2. The highest BCUT2D eigenvalue weighted by Crippen LogP contribution is 2.28. The van der Waals surface area contributed by atoms with Crippen molar-refractivity contribution in [1.29, 1.82) is 0 Å². The Morgan fingerprint density at radius 1 is 1.12 bits per heavy atom. The standard InChI is InChI=1S/C30H35FN8O/c1-19(22-6-5-7-23-28(30(40)32-2)24(31)17-35-29(22)23)15-33-26-14-25(36-18-37-26)20-8-9-27(34-16-20)39(4)21-10-12-38(3)13-11-21/h5-9,14,16-19,21H,10-13,15H2,1-4H3,(H,32,40)(H,33,36,37). The van der Waals surface area contributed by atoms with Crippen molar-refractivity contribution in [3.05, 3.63) is 72.1 Å². The predicted molar refractivity (Wildman–Crippen MR) is 156 cm³/mol. The van der Waals surface area contributed by atoms with E-state index in [2.05, 4.69) is 56.4 Å². The highest BCUT2D eigenvalue weighted by atomic mass is 19.1. The van der Waals surface area contributed by atoms with E-state index in [4.69, 9.17) is 4.98 Å². The monoisotopic (exact) mass is 542 g/mol. The fourth-order valence-corrected chi connectivity index (χ4v) is 5.27. The average molecular weight is 543 g/mol. The Labute approximate surface area is 233 Å². The topological polar surface area (TPSA) is 99.2 Å². The summed E-state index contributed by atoms with van der Waals surface area (Å²) in [4.78, 5) is 34.8. The second-order valence-corrected chi connectivity index (χ2v) is 10.4. The molecule has 4 heterocycles. The molecule has 1 atom stereocenters. The van der Waals surface area contributed by atoms with Crippen LogP contribution in [-0.4, -0.2) is 77.6 Å². The third-order valence-corrected chi connectivity index (χ3v) is 7.76. The Hall–Kier alpha value is -4.18. The lowest BCUT2D eigenvalue weighted by Gasteiger charge is -2.35. The maximum atomic E-state index is 14.4. The van der Waals surface area contributed by atoms with E-state index < -0.39 is 11.7 Å². The first-order valence-corrected chi connectivity index (χ1v) is 13.6. The van der Waals surface area contributed by atoms with Crippen LogP contribution >= 0.6 is 0 Å². The van der Waals surface area contributed by atoms with Crippen LogP contribution in [0.5, 0.6) is 0 Å². The molecule has 5 rings (SSSR count). The number of carbonyl (C=O) groups excluding carboxylic acids is 1. The number of hydrogen-bond donors (Lipinski definition) is 2. The van der Waals surface area contributed by atoms with Crippen molar-refractivity contribution in [2.75, 3.05) is 51.0 Å². The van der Waals surface area contributed by atoms with Crippen LogP contribution in [0.25, 0.3) is 22.2 Å². The normalized spacial score (nSPS) is 15.1. The quantitative estimate of drug-likeness (QED) is 0.340. The Balaban J connectivity index is 1.28. The molecule has 1 fully saturated rings. The van der Waals surface area contributed by atoms with Gasteiger partial charge in [-0.1, -0.05) is 25.1 Å². The van der Waals surface area contributed by atoms with E-state index in [1.54, 1.807) is 12.4 Å². The van der Waals surface area contributed by atoms with Gasteiger partial charge in [-0.05, 0) is 50.7 Å². The van der Waals surface area contributed by atoms with Gasteiger partial charge >= 0.3 is 0 Å². The van der Waals surface area contributed by atoms with Crippen LogP contribution in [0.4, 0.5) is 16.0 Å². The molecule has 1 aliphatic heterocycles. The lowest BCUT2D eigenvalue weighted by molar-refractivity contribution is 0.0960. The summed E-state index contributed by atoms with van der Waals surface area (Å²) >= 11 is 0. The van der Waals surface area contributed by atoms with Crippen LogP contribution in [0, 0.1) is 5.82 Å². The average Bonchev–Trinajstić information content (AvgIpc) is 2.99. The first kappa shape index (κ1) is 27.4. The molecular weight excluding hydrogens is 507 g/mol. The number of hydrogen-bond acceptors (Lipinski definition) is 8. The molecule has 1 aliphatic rings. The van der Waals surface area contributed by atoms with Gasteiger partial charge in [0.1, 0.15) is 18.0 Å². The molecular formula is C30H35FN8O. The summed E-state index contributed by atoms with van der Waals surface area (Å²) in [5.74, 6) is 0.544. The first-order valence-electron chi connectivity index (χ1n) is 13.6. The minimum atomic E-state index is -0.640. The third-order valence-electron chi connectivity index (χ3n) is 7.76. The van der Waals surface area contributed by atoms with Gasteiger partial charge in [-0.2, -0.15) is 0 Å². The van der Waals surface area contributed by atoms with E-state index in [0.717, 1.165) is 54.8 Å². The first-order chi connectivity index (χ1) is 19.4. The van der Waals surface area contributed by atoms with Crippen molar-refractivity contribution in [2.24, 2.45) is 0 Å². The Kier molecular flexibility index (Phi) is 8.16. The number of halogens is 1. The van der Waals surface area contributed by atoms with Crippen molar-refractivity contribution >= 4 is 28.4 Å².